The largest absolute Gasteiger partial charge is 0.326 e. The van der Waals surface area contributed by atoms with Gasteiger partial charge in [0.15, 0.2) is 5.82 Å². The molecule has 0 unspecified atom stereocenters. The molecular formula is C20H21N7OS+. The number of carbonyl (C=O) groups excluding carboxylic acids is 1. The number of aromatic nitrogens is 2. The van der Waals surface area contributed by atoms with Crippen molar-refractivity contribution in [2.45, 2.75) is 24.7 Å². The van der Waals surface area contributed by atoms with Crippen molar-refractivity contribution < 1.29 is 4.79 Å². The van der Waals surface area contributed by atoms with Gasteiger partial charge in [-0.25, -0.2) is 4.99 Å². The maximum Gasteiger partial charge on any atom is 0.285 e. The molecule has 0 bridgehead atoms. The zero-order valence-corrected chi connectivity index (χ0v) is 16.7. The summed E-state index contributed by atoms with van der Waals surface area (Å²) in [6.45, 7) is 2.70. The topological polar surface area (TPSA) is 91.3 Å². The van der Waals surface area contributed by atoms with Crippen LogP contribution in [0.4, 0.5) is 11.5 Å². The van der Waals surface area contributed by atoms with Crippen molar-refractivity contribution in [2.75, 3.05) is 17.2 Å². The van der Waals surface area contributed by atoms with Gasteiger partial charge in [-0.2, -0.15) is 5.10 Å². The van der Waals surface area contributed by atoms with E-state index < -0.39 is 0 Å². The third-order valence-corrected chi connectivity index (χ3v) is 5.77. The van der Waals surface area contributed by atoms with E-state index in [9.17, 15) is 4.79 Å². The van der Waals surface area contributed by atoms with Crippen molar-refractivity contribution in [1.82, 2.24) is 19.4 Å². The molecule has 3 heterocycles. The highest BCUT2D eigenvalue weighted by atomic mass is 32.2. The molecule has 5 rings (SSSR count). The van der Waals surface area contributed by atoms with Gasteiger partial charge in [-0.3, -0.25) is 15.2 Å². The Labute approximate surface area is 172 Å². The second-order valence-corrected chi connectivity index (χ2v) is 8.41. The Morgan fingerprint density at radius 1 is 1.31 bits per heavy atom. The van der Waals surface area contributed by atoms with Crippen LogP contribution < -0.4 is 15.5 Å². The Morgan fingerprint density at radius 2 is 2.14 bits per heavy atom. The van der Waals surface area contributed by atoms with Gasteiger partial charge in [0.2, 0.25) is 11.6 Å². The van der Waals surface area contributed by atoms with Crippen LogP contribution >= 0.6 is 11.9 Å². The Kier molecular flexibility index (Phi) is 4.61. The number of aryl methyl sites for hydroxylation is 1. The minimum absolute atomic E-state index is 0.127. The fourth-order valence-electron chi connectivity index (χ4n) is 3.15. The number of hydrogen-bond acceptors (Lipinski definition) is 7. The zero-order valence-electron chi connectivity index (χ0n) is 15.9. The maximum atomic E-state index is 11.9. The Bertz CT molecular complexity index is 1020. The Balaban J connectivity index is 1.29. The van der Waals surface area contributed by atoms with Gasteiger partial charge >= 0.3 is 0 Å². The molecule has 1 aliphatic carbocycles. The van der Waals surface area contributed by atoms with Crippen molar-refractivity contribution >= 4 is 35.7 Å². The lowest BCUT2D eigenvalue weighted by Crippen LogP contribution is -2.38. The minimum Gasteiger partial charge on any atom is -0.326 e. The zero-order chi connectivity index (χ0) is 19.8. The van der Waals surface area contributed by atoms with Crippen molar-refractivity contribution in [3.8, 4) is 0 Å². The van der Waals surface area contributed by atoms with Gasteiger partial charge in [-0.15, -0.1) is 0 Å². The molecule has 9 heteroatoms. The van der Waals surface area contributed by atoms with Crippen LogP contribution in [0.5, 0.6) is 0 Å². The van der Waals surface area contributed by atoms with E-state index in [1.54, 1.807) is 18.3 Å². The summed E-state index contributed by atoms with van der Waals surface area (Å²) in [5.74, 6) is 1.98. The smallest absolute Gasteiger partial charge is 0.285 e. The maximum absolute atomic E-state index is 11.9. The van der Waals surface area contributed by atoms with Gasteiger partial charge in [0, 0.05) is 28.3 Å². The molecule has 0 spiro atoms. The van der Waals surface area contributed by atoms with E-state index >= 15 is 0 Å². The van der Waals surface area contributed by atoms with Crippen LogP contribution in [-0.4, -0.2) is 33.3 Å². The standard InChI is InChI=1S/C20H21N7OS/c1-13-8-18(25-24-13)23-19-11-26(10-16-9-21-12-27(16)19)29-17-6-4-15(5-7-17)22-20(28)14-2-3-14/h4-9,11-12,14H,2-3,10H2,1H3,(H,22,28)(H2,23,24,25)/q+1. The number of amides is 1. The Morgan fingerprint density at radius 3 is 2.86 bits per heavy atom. The summed E-state index contributed by atoms with van der Waals surface area (Å²) in [5, 5.41) is 13.5. The third kappa shape index (κ3) is 4.06. The number of fused-ring (bicyclic) bond motifs is 1. The molecule has 3 N–H and O–H groups in total. The van der Waals surface area contributed by atoms with Crippen molar-refractivity contribution in [3.05, 3.63) is 59.9 Å². The first-order chi connectivity index (χ1) is 14.1. The number of hydrogen-bond donors (Lipinski definition) is 3. The van der Waals surface area contributed by atoms with Gasteiger partial charge in [-0.05, 0) is 60.9 Å². The van der Waals surface area contributed by atoms with E-state index in [2.05, 4.69) is 30.1 Å². The predicted octanol–water partition coefficient (Wildman–Crippen LogP) is 3.32. The van der Waals surface area contributed by atoms with E-state index in [0.29, 0.717) is 0 Å². The highest BCUT2D eigenvalue weighted by molar-refractivity contribution is 7.97. The number of nitrogens with one attached hydrogen (secondary N) is 3. The molecule has 1 radical (unpaired) electrons. The lowest BCUT2D eigenvalue weighted by molar-refractivity contribution is -0.117. The van der Waals surface area contributed by atoms with Crippen LogP contribution in [-0.2, 0) is 4.79 Å². The molecule has 0 atom stereocenters. The highest BCUT2D eigenvalue weighted by Crippen LogP contribution is 2.32. The van der Waals surface area contributed by atoms with Crippen LogP contribution in [0.1, 0.15) is 18.5 Å². The summed E-state index contributed by atoms with van der Waals surface area (Å²) in [6.07, 6.45) is 7.73. The van der Waals surface area contributed by atoms with Gasteiger partial charge in [0.25, 0.3) is 12.2 Å². The molecule has 1 aromatic carbocycles. The van der Waals surface area contributed by atoms with E-state index in [1.807, 2.05) is 54.6 Å². The quantitative estimate of drug-likeness (QED) is 0.505. The molecule has 0 saturated heterocycles. The van der Waals surface area contributed by atoms with Crippen LogP contribution in [0.15, 0.2) is 64.1 Å². The molecule has 8 nitrogen and oxygen atoms in total. The number of rotatable bonds is 6. The number of anilines is 2. The third-order valence-electron chi connectivity index (χ3n) is 4.81. The monoisotopic (exact) mass is 407 g/mol. The lowest BCUT2D eigenvalue weighted by atomic mass is 10.3. The minimum atomic E-state index is 0.127. The molecule has 2 aromatic rings. The summed E-state index contributed by atoms with van der Waals surface area (Å²) in [4.78, 5) is 19.3. The van der Waals surface area contributed by atoms with E-state index in [0.717, 1.165) is 53.0 Å². The van der Waals surface area contributed by atoms with Gasteiger partial charge in [-0.1, -0.05) is 0 Å². The first-order valence-electron chi connectivity index (χ1n) is 9.52. The van der Waals surface area contributed by atoms with Crippen LogP contribution in [0.3, 0.4) is 0 Å². The Hall–Kier alpha value is -3.04. The molecule has 1 amide bonds. The first-order valence-corrected chi connectivity index (χ1v) is 10.3. The second-order valence-electron chi connectivity index (χ2n) is 7.28. The van der Waals surface area contributed by atoms with Crippen LogP contribution in [0.2, 0.25) is 0 Å². The summed E-state index contributed by atoms with van der Waals surface area (Å²) in [5.41, 5.74) is 2.92. The molecule has 1 aromatic heterocycles. The van der Waals surface area contributed by atoms with Crippen molar-refractivity contribution in [2.24, 2.45) is 10.9 Å². The van der Waals surface area contributed by atoms with Crippen LogP contribution in [0, 0.1) is 12.8 Å². The fourth-order valence-corrected chi connectivity index (χ4v) is 4.03. The highest BCUT2D eigenvalue weighted by Gasteiger charge is 2.37. The molecular weight excluding hydrogens is 386 g/mol. The summed E-state index contributed by atoms with van der Waals surface area (Å²) < 4.78 is 2.15. The summed E-state index contributed by atoms with van der Waals surface area (Å²) in [7, 11) is 0. The van der Waals surface area contributed by atoms with Crippen molar-refractivity contribution in [3.63, 3.8) is 0 Å². The molecule has 147 valence electrons. The normalized spacial score (nSPS) is 18.3. The number of carbonyl (C=O) groups is 1. The molecule has 1 fully saturated rings. The SMILES string of the molecule is Cc1cc(NC2=CN(Sc3ccc(NC(=O)C4CC4)cc3)CC3=CN=C[N+]32)n[nH]1. The first kappa shape index (κ1) is 18.0. The van der Waals surface area contributed by atoms with Gasteiger partial charge in [0.1, 0.15) is 6.54 Å². The molecule has 3 aliphatic rings. The van der Waals surface area contributed by atoms with E-state index in [1.165, 1.54) is 0 Å². The predicted molar refractivity (Wildman–Crippen MR) is 114 cm³/mol. The number of aromatic amines is 1. The summed E-state index contributed by atoms with van der Waals surface area (Å²) >= 11 is 1.63. The average molecular weight is 408 g/mol. The molecule has 2 aliphatic heterocycles. The van der Waals surface area contributed by atoms with Crippen LogP contribution in [0.25, 0.3) is 0 Å². The number of nitrogens with zero attached hydrogens (tertiary/aromatic N) is 4. The fraction of sp³-hybridized carbons (Fsp3) is 0.250. The van der Waals surface area contributed by atoms with E-state index in [4.69, 9.17) is 0 Å². The number of H-pyrrole nitrogens is 1. The lowest BCUT2D eigenvalue weighted by Gasteiger charge is -2.24. The molecule has 29 heavy (non-hydrogen) atoms. The van der Waals surface area contributed by atoms with Crippen molar-refractivity contribution in [1.29, 1.82) is 0 Å². The number of benzene rings is 1. The van der Waals surface area contributed by atoms with E-state index in [-0.39, 0.29) is 11.8 Å². The summed E-state index contributed by atoms with van der Waals surface area (Å²) in [6, 6.07) is 9.91. The average Bonchev–Trinajstić information content (AvgIpc) is 3.32. The van der Waals surface area contributed by atoms with Gasteiger partial charge in [0.05, 0.1) is 12.4 Å². The number of aliphatic imine (C=N–C) groups is 1. The van der Waals surface area contributed by atoms with Gasteiger partial charge < -0.3 is 9.62 Å². The molecule has 1 saturated carbocycles. The second kappa shape index (κ2) is 7.41.